The first-order valence-electron chi connectivity index (χ1n) is 8.55. The van der Waals surface area contributed by atoms with Gasteiger partial charge in [0.05, 0.1) is 13.2 Å². The molecule has 0 spiro atoms. The minimum Gasteiger partial charge on any atom is -0.493 e. The van der Waals surface area contributed by atoms with E-state index < -0.39 is 0 Å². The lowest BCUT2D eigenvalue weighted by Crippen LogP contribution is -2.14. The highest BCUT2D eigenvalue weighted by molar-refractivity contribution is 6.16. The Balaban J connectivity index is 2.25. The minimum absolute atomic E-state index is 0.0553. The van der Waals surface area contributed by atoms with Crippen molar-refractivity contribution < 1.29 is 9.47 Å². The zero-order chi connectivity index (χ0) is 18.0. The number of aryl methyl sites for hydroxylation is 1. The maximum atomic E-state index is 6.12. The van der Waals surface area contributed by atoms with Crippen LogP contribution in [0.5, 0.6) is 11.5 Å². The van der Waals surface area contributed by atoms with Crippen LogP contribution >= 0.6 is 0 Å². The standard InChI is InChI=1S/C21H24N2O2/c1-13(2)25-21-18-12-15(4)22-23-20(16-9-7-6-8-14(16)3)17(18)10-11-19(21)24-5/h6-11,13H,12H2,1-5H3. The minimum atomic E-state index is 0.0553. The van der Waals surface area contributed by atoms with Crippen LogP contribution in [0.1, 0.15) is 43.0 Å². The van der Waals surface area contributed by atoms with Crippen LogP contribution in [-0.2, 0) is 6.42 Å². The van der Waals surface area contributed by atoms with Crippen LogP contribution in [0.4, 0.5) is 0 Å². The van der Waals surface area contributed by atoms with E-state index in [1.807, 2.05) is 39.0 Å². The van der Waals surface area contributed by atoms with Crippen molar-refractivity contribution in [1.82, 2.24) is 0 Å². The summed E-state index contributed by atoms with van der Waals surface area (Å²) in [4.78, 5) is 0. The largest absolute Gasteiger partial charge is 0.493 e. The average Bonchev–Trinajstić information content (AvgIpc) is 2.74. The monoisotopic (exact) mass is 336 g/mol. The molecule has 2 aromatic carbocycles. The molecule has 0 saturated carbocycles. The van der Waals surface area contributed by atoms with Gasteiger partial charge in [-0.2, -0.15) is 5.10 Å². The second-order valence-corrected chi connectivity index (χ2v) is 6.57. The zero-order valence-electron chi connectivity index (χ0n) is 15.5. The molecule has 25 heavy (non-hydrogen) atoms. The van der Waals surface area contributed by atoms with Crippen molar-refractivity contribution in [2.24, 2.45) is 10.2 Å². The molecule has 1 aliphatic rings. The van der Waals surface area contributed by atoms with Crippen LogP contribution in [0.3, 0.4) is 0 Å². The molecule has 0 aromatic heterocycles. The van der Waals surface area contributed by atoms with E-state index in [-0.39, 0.29) is 6.10 Å². The van der Waals surface area contributed by atoms with E-state index in [0.29, 0.717) is 6.42 Å². The van der Waals surface area contributed by atoms with Gasteiger partial charge in [-0.3, -0.25) is 0 Å². The van der Waals surface area contributed by atoms with E-state index in [2.05, 4.69) is 35.3 Å². The fourth-order valence-corrected chi connectivity index (χ4v) is 3.05. The first kappa shape index (κ1) is 17.2. The van der Waals surface area contributed by atoms with Gasteiger partial charge in [-0.15, -0.1) is 5.10 Å². The van der Waals surface area contributed by atoms with Crippen molar-refractivity contribution >= 4 is 11.4 Å². The van der Waals surface area contributed by atoms with Crippen molar-refractivity contribution in [2.45, 2.75) is 40.2 Å². The van der Waals surface area contributed by atoms with Gasteiger partial charge in [0.1, 0.15) is 5.71 Å². The van der Waals surface area contributed by atoms with E-state index >= 15 is 0 Å². The van der Waals surface area contributed by atoms with Crippen LogP contribution in [-0.4, -0.2) is 24.6 Å². The molecule has 0 N–H and O–H groups in total. The molecule has 1 heterocycles. The second kappa shape index (κ2) is 7.09. The van der Waals surface area contributed by atoms with E-state index in [1.165, 1.54) is 5.56 Å². The number of fused-ring (bicyclic) bond motifs is 1. The van der Waals surface area contributed by atoms with Crippen LogP contribution in [0.2, 0.25) is 0 Å². The molecule has 0 bridgehead atoms. The quantitative estimate of drug-likeness (QED) is 0.821. The highest BCUT2D eigenvalue weighted by atomic mass is 16.5. The molecule has 0 atom stereocenters. The average molecular weight is 336 g/mol. The van der Waals surface area contributed by atoms with E-state index in [4.69, 9.17) is 9.47 Å². The van der Waals surface area contributed by atoms with Crippen LogP contribution in [0, 0.1) is 6.92 Å². The highest BCUT2D eigenvalue weighted by Crippen LogP contribution is 2.37. The maximum absolute atomic E-state index is 6.12. The third kappa shape index (κ3) is 3.43. The number of hydrogen-bond donors (Lipinski definition) is 0. The van der Waals surface area contributed by atoms with Crippen molar-refractivity contribution in [3.8, 4) is 11.5 Å². The smallest absolute Gasteiger partial charge is 0.165 e. The lowest BCUT2D eigenvalue weighted by molar-refractivity contribution is 0.228. The molecule has 0 unspecified atom stereocenters. The Bertz CT molecular complexity index is 851. The molecule has 0 saturated heterocycles. The Kier molecular flexibility index (Phi) is 4.88. The predicted octanol–water partition coefficient (Wildman–Crippen LogP) is 4.56. The summed E-state index contributed by atoms with van der Waals surface area (Å²) in [6.45, 7) is 8.13. The van der Waals surface area contributed by atoms with Crippen molar-refractivity contribution in [1.29, 1.82) is 0 Å². The summed E-state index contributed by atoms with van der Waals surface area (Å²) < 4.78 is 11.7. The fourth-order valence-electron chi connectivity index (χ4n) is 3.05. The lowest BCUT2D eigenvalue weighted by atomic mass is 9.92. The molecule has 4 nitrogen and oxygen atoms in total. The second-order valence-electron chi connectivity index (χ2n) is 6.57. The Morgan fingerprint density at radius 3 is 2.40 bits per heavy atom. The van der Waals surface area contributed by atoms with Gasteiger partial charge in [-0.25, -0.2) is 0 Å². The van der Waals surface area contributed by atoms with Crippen molar-refractivity contribution in [3.63, 3.8) is 0 Å². The van der Waals surface area contributed by atoms with Gasteiger partial charge in [0.25, 0.3) is 0 Å². The molecule has 0 radical (unpaired) electrons. The third-order valence-electron chi connectivity index (χ3n) is 4.21. The normalized spacial score (nSPS) is 13.7. The Morgan fingerprint density at radius 1 is 0.960 bits per heavy atom. The molecule has 0 fully saturated rings. The Morgan fingerprint density at radius 2 is 1.72 bits per heavy atom. The number of methoxy groups -OCH3 is 1. The van der Waals surface area contributed by atoms with Gasteiger partial charge in [0, 0.05) is 28.8 Å². The summed E-state index contributed by atoms with van der Waals surface area (Å²) in [7, 11) is 1.67. The zero-order valence-corrected chi connectivity index (χ0v) is 15.5. The highest BCUT2D eigenvalue weighted by Gasteiger charge is 2.23. The van der Waals surface area contributed by atoms with Gasteiger partial charge < -0.3 is 9.47 Å². The Labute approximate surface area is 149 Å². The van der Waals surface area contributed by atoms with Crippen molar-refractivity contribution in [2.75, 3.05) is 7.11 Å². The summed E-state index contributed by atoms with van der Waals surface area (Å²) in [5, 5.41) is 8.98. The summed E-state index contributed by atoms with van der Waals surface area (Å²) in [5.74, 6) is 1.53. The van der Waals surface area contributed by atoms with Gasteiger partial charge in [-0.05, 0) is 45.4 Å². The van der Waals surface area contributed by atoms with Crippen LogP contribution in [0.15, 0.2) is 46.6 Å². The molecule has 0 amide bonds. The van der Waals surface area contributed by atoms with Crippen molar-refractivity contribution in [3.05, 3.63) is 58.7 Å². The SMILES string of the molecule is COc1ccc2c(c1OC(C)C)CC(C)=NN=C2c1ccccc1C. The number of rotatable bonds is 4. The van der Waals surface area contributed by atoms with E-state index in [0.717, 1.165) is 39.6 Å². The molecular weight excluding hydrogens is 312 g/mol. The molecule has 2 aromatic rings. The van der Waals surface area contributed by atoms with Gasteiger partial charge >= 0.3 is 0 Å². The Hall–Kier alpha value is -2.62. The van der Waals surface area contributed by atoms with Gasteiger partial charge in [0.2, 0.25) is 0 Å². The lowest BCUT2D eigenvalue weighted by Gasteiger charge is -2.20. The van der Waals surface area contributed by atoms with Gasteiger partial charge in [-0.1, -0.05) is 24.3 Å². The summed E-state index contributed by atoms with van der Waals surface area (Å²) in [5.41, 5.74) is 6.21. The molecule has 3 rings (SSSR count). The molecule has 130 valence electrons. The van der Waals surface area contributed by atoms with Crippen LogP contribution in [0.25, 0.3) is 0 Å². The maximum Gasteiger partial charge on any atom is 0.165 e. The van der Waals surface area contributed by atoms with Gasteiger partial charge in [0.15, 0.2) is 11.5 Å². The first-order valence-corrected chi connectivity index (χ1v) is 8.55. The molecule has 4 heteroatoms. The number of ether oxygens (including phenoxy) is 2. The van der Waals surface area contributed by atoms with Crippen LogP contribution < -0.4 is 9.47 Å². The third-order valence-corrected chi connectivity index (χ3v) is 4.21. The number of nitrogens with zero attached hydrogens (tertiary/aromatic N) is 2. The predicted molar refractivity (Wildman–Crippen MR) is 102 cm³/mol. The molecule has 1 aliphatic heterocycles. The summed E-state index contributed by atoms with van der Waals surface area (Å²) in [6.07, 6.45) is 0.743. The first-order chi connectivity index (χ1) is 12.0. The molecular formula is C21H24N2O2. The summed E-state index contributed by atoms with van der Waals surface area (Å²) >= 11 is 0. The summed E-state index contributed by atoms with van der Waals surface area (Å²) in [6, 6.07) is 12.2. The topological polar surface area (TPSA) is 43.2 Å². The van der Waals surface area contributed by atoms with E-state index in [1.54, 1.807) is 7.11 Å². The number of hydrogen-bond acceptors (Lipinski definition) is 4. The fraction of sp³-hybridized carbons (Fsp3) is 0.333. The molecule has 0 aliphatic carbocycles. The number of benzene rings is 2. The van der Waals surface area contributed by atoms with E-state index in [9.17, 15) is 0 Å².